The minimum Gasteiger partial charge on any atom is -0.370 e. The van der Waals surface area contributed by atoms with Crippen LogP contribution in [0.4, 0.5) is 0 Å². The lowest BCUT2D eigenvalue weighted by Crippen LogP contribution is -2.52. The van der Waals surface area contributed by atoms with Crippen molar-refractivity contribution in [3.8, 4) is 0 Å². The maximum atomic E-state index is 12.7. The number of hydrogen-bond donors (Lipinski definition) is 2. The number of nitrogens with one attached hydrogen (secondary N) is 1. The van der Waals surface area contributed by atoms with Gasteiger partial charge in [-0.2, -0.15) is 4.31 Å². The van der Waals surface area contributed by atoms with Gasteiger partial charge in [0.2, 0.25) is 10.0 Å². The Balaban J connectivity index is 2.24. The van der Waals surface area contributed by atoms with Crippen molar-refractivity contribution in [3.63, 3.8) is 0 Å². The molecule has 1 fully saturated rings. The average Bonchev–Trinajstić information content (AvgIpc) is 2.41. The van der Waals surface area contributed by atoms with Crippen molar-refractivity contribution < 1.29 is 8.42 Å². The normalized spacial score (nSPS) is 17.2. The van der Waals surface area contributed by atoms with Gasteiger partial charge in [0, 0.05) is 26.2 Å². The van der Waals surface area contributed by atoms with E-state index >= 15 is 0 Å². The van der Waals surface area contributed by atoms with Gasteiger partial charge < -0.3 is 10.6 Å². The van der Waals surface area contributed by atoms with Crippen LogP contribution in [-0.2, 0) is 10.0 Å². The lowest BCUT2D eigenvalue weighted by molar-refractivity contribution is 0.263. The smallest absolute Gasteiger partial charge is 0.243 e. The largest absolute Gasteiger partial charge is 0.370 e. The second-order valence-electron chi connectivity index (χ2n) is 5.05. The van der Waals surface area contributed by atoms with E-state index in [0.717, 1.165) is 11.1 Å². The van der Waals surface area contributed by atoms with Crippen molar-refractivity contribution in [3.05, 3.63) is 29.3 Å². The van der Waals surface area contributed by atoms with Gasteiger partial charge in [-0.3, -0.25) is 5.41 Å². The van der Waals surface area contributed by atoms with Gasteiger partial charge in [-0.1, -0.05) is 12.1 Å². The van der Waals surface area contributed by atoms with Crippen molar-refractivity contribution in [2.75, 3.05) is 26.2 Å². The molecule has 0 radical (unpaired) electrons. The minimum atomic E-state index is -3.47. The molecule has 0 aliphatic carbocycles. The molecule has 1 aromatic carbocycles. The molecule has 0 aromatic heterocycles. The van der Waals surface area contributed by atoms with E-state index in [-0.39, 0.29) is 5.96 Å². The summed E-state index contributed by atoms with van der Waals surface area (Å²) in [5.74, 6) is -0.00576. The lowest BCUT2D eigenvalue weighted by atomic mass is 10.2. The molecule has 6 nitrogen and oxygen atoms in total. The van der Waals surface area contributed by atoms with Gasteiger partial charge in [0.15, 0.2) is 5.96 Å². The molecule has 7 heteroatoms. The number of benzene rings is 1. The van der Waals surface area contributed by atoms with Gasteiger partial charge in [-0.05, 0) is 31.0 Å². The second kappa shape index (κ2) is 5.41. The monoisotopic (exact) mass is 296 g/mol. The summed E-state index contributed by atoms with van der Waals surface area (Å²) in [5, 5.41) is 7.37. The molecule has 0 amide bonds. The summed E-state index contributed by atoms with van der Waals surface area (Å²) < 4.78 is 26.8. The molecule has 1 aliphatic heterocycles. The first-order valence-electron chi connectivity index (χ1n) is 6.49. The SMILES string of the molecule is Cc1ccc(C)c(S(=O)(=O)N2CCN(C(=N)N)CC2)c1. The number of nitrogens with two attached hydrogens (primary N) is 1. The third-order valence-corrected chi connectivity index (χ3v) is 5.58. The number of guanidine groups is 1. The zero-order valence-corrected chi connectivity index (χ0v) is 12.6. The third kappa shape index (κ3) is 2.78. The first kappa shape index (κ1) is 14.8. The molecule has 1 saturated heterocycles. The summed E-state index contributed by atoms with van der Waals surface area (Å²) >= 11 is 0. The molecule has 2 rings (SSSR count). The average molecular weight is 296 g/mol. The topological polar surface area (TPSA) is 90.5 Å². The Morgan fingerprint density at radius 1 is 1.20 bits per heavy atom. The van der Waals surface area contributed by atoms with E-state index in [0.29, 0.717) is 31.1 Å². The van der Waals surface area contributed by atoms with Crippen LogP contribution >= 0.6 is 0 Å². The van der Waals surface area contributed by atoms with Crippen LogP contribution in [0.5, 0.6) is 0 Å². The van der Waals surface area contributed by atoms with E-state index in [1.807, 2.05) is 19.1 Å². The quantitative estimate of drug-likeness (QED) is 0.614. The van der Waals surface area contributed by atoms with Crippen molar-refractivity contribution in [2.45, 2.75) is 18.7 Å². The molecule has 0 spiro atoms. The van der Waals surface area contributed by atoms with Crippen molar-refractivity contribution in [1.29, 1.82) is 5.41 Å². The molecule has 1 heterocycles. The Morgan fingerprint density at radius 3 is 2.35 bits per heavy atom. The van der Waals surface area contributed by atoms with Crippen molar-refractivity contribution in [1.82, 2.24) is 9.21 Å². The number of rotatable bonds is 2. The van der Waals surface area contributed by atoms with Gasteiger partial charge >= 0.3 is 0 Å². The Labute approximate surface area is 119 Å². The van der Waals surface area contributed by atoms with Crippen LogP contribution in [0, 0.1) is 19.3 Å². The number of hydrogen-bond acceptors (Lipinski definition) is 3. The van der Waals surface area contributed by atoms with Crippen LogP contribution in [-0.4, -0.2) is 49.8 Å². The number of piperazine rings is 1. The molecular formula is C13H20N4O2S. The van der Waals surface area contributed by atoms with Crippen molar-refractivity contribution >= 4 is 16.0 Å². The highest BCUT2D eigenvalue weighted by Crippen LogP contribution is 2.22. The van der Waals surface area contributed by atoms with Gasteiger partial charge in [0.05, 0.1) is 4.90 Å². The Kier molecular flexibility index (Phi) is 4.01. The van der Waals surface area contributed by atoms with Crippen molar-refractivity contribution in [2.24, 2.45) is 5.73 Å². The maximum absolute atomic E-state index is 12.7. The molecule has 0 unspecified atom stereocenters. The molecule has 0 atom stereocenters. The standard InChI is InChI=1S/C13H20N4O2S/c1-10-3-4-11(2)12(9-10)20(18,19)17-7-5-16(6-8-17)13(14)15/h3-4,9H,5-8H2,1-2H3,(H3,14,15). The van der Waals surface area contributed by atoms with Gasteiger partial charge in [0.1, 0.15) is 0 Å². The second-order valence-corrected chi connectivity index (χ2v) is 6.95. The van der Waals surface area contributed by atoms with Gasteiger partial charge in [0.25, 0.3) is 0 Å². The molecule has 20 heavy (non-hydrogen) atoms. The molecule has 0 saturated carbocycles. The summed E-state index contributed by atoms with van der Waals surface area (Å²) in [5.41, 5.74) is 7.10. The van der Waals surface area contributed by atoms with E-state index in [2.05, 4.69) is 0 Å². The first-order valence-corrected chi connectivity index (χ1v) is 7.93. The van der Waals surface area contributed by atoms with Gasteiger partial charge in [-0.25, -0.2) is 8.42 Å². The lowest BCUT2D eigenvalue weighted by Gasteiger charge is -2.34. The van der Waals surface area contributed by atoms with Crippen LogP contribution in [0.2, 0.25) is 0 Å². The molecule has 1 aromatic rings. The third-order valence-electron chi connectivity index (χ3n) is 3.54. The summed E-state index contributed by atoms with van der Waals surface area (Å²) in [6.07, 6.45) is 0. The number of nitrogens with zero attached hydrogens (tertiary/aromatic N) is 2. The van der Waals surface area contributed by atoms with E-state index in [9.17, 15) is 8.42 Å². The molecule has 0 bridgehead atoms. The highest BCUT2D eigenvalue weighted by Gasteiger charge is 2.29. The molecule has 1 aliphatic rings. The fraction of sp³-hybridized carbons (Fsp3) is 0.462. The van der Waals surface area contributed by atoms with E-state index in [1.54, 1.807) is 17.9 Å². The zero-order chi connectivity index (χ0) is 14.9. The summed E-state index contributed by atoms with van der Waals surface area (Å²) in [6, 6.07) is 5.44. The van der Waals surface area contributed by atoms with E-state index < -0.39 is 10.0 Å². The summed E-state index contributed by atoms with van der Waals surface area (Å²) in [7, 11) is -3.47. The van der Waals surface area contributed by atoms with E-state index in [4.69, 9.17) is 11.1 Å². The van der Waals surface area contributed by atoms with E-state index in [1.165, 1.54) is 4.31 Å². The summed E-state index contributed by atoms with van der Waals surface area (Å²) in [4.78, 5) is 2.04. The predicted molar refractivity (Wildman–Crippen MR) is 78.2 cm³/mol. The van der Waals surface area contributed by atoms with Crippen LogP contribution in [0.15, 0.2) is 23.1 Å². The zero-order valence-electron chi connectivity index (χ0n) is 11.8. The molecular weight excluding hydrogens is 276 g/mol. The minimum absolute atomic E-state index is 0.00576. The molecule has 110 valence electrons. The maximum Gasteiger partial charge on any atom is 0.243 e. The molecule has 3 N–H and O–H groups in total. The number of sulfonamides is 1. The number of aryl methyl sites for hydroxylation is 2. The van der Waals surface area contributed by atoms with Crippen LogP contribution in [0.25, 0.3) is 0 Å². The highest BCUT2D eigenvalue weighted by molar-refractivity contribution is 7.89. The Morgan fingerprint density at radius 2 is 1.80 bits per heavy atom. The van der Waals surface area contributed by atoms with Crippen LogP contribution in [0.3, 0.4) is 0 Å². The highest BCUT2D eigenvalue weighted by atomic mass is 32.2. The summed E-state index contributed by atoms with van der Waals surface area (Å²) in [6.45, 7) is 5.31. The Bertz CT molecular complexity index is 619. The van der Waals surface area contributed by atoms with Crippen LogP contribution < -0.4 is 5.73 Å². The first-order chi connectivity index (χ1) is 9.32. The fourth-order valence-corrected chi connectivity index (χ4v) is 4.03. The van der Waals surface area contributed by atoms with Gasteiger partial charge in [-0.15, -0.1) is 0 Å². The van der Waals surface area contributed by atoms with Crippen LogP contribution in [0.1, 0.15) is 11.1 Å². The Hall–Kier alpha value is -1.60. The predicted octanol–water partition coefficient (Wildman–Crippen LogP) is 0.503. The fourth-order valence-electron chi connectivity index (χ4n) is 2.29.